The van der Waals surface area contributed by atoms with Crippen molar-refractivity contribution in [1.82, 2.24) is 9.97 Å². The predicted octanol–water partition coefficient (Wildman–Crippen LogP) is 2.26. The average molecular weight is 356 g/mol. The molecule has 2 N–H and O–H groups in total. The summed E-state index contributed by atoms with van der Waals surface area (Å²) in [4.78, 5) is 19.4. The number of hydrogen-bond donors (Lipinski definition) is 1. The van der Waals surface area contributed by atoms with E-state index in [1.807, 2.05) is 31.2 Å². The van der Waals surface area contributed by atoms with Crippen LogP contribution in [0.25, 0.3) is 11.4 Å². The van der Waals surface area contributed by atoms with Crippen molar-refractivity contribution in [3.63, 3.8) is 0 Å². The fourth-order valence-corrected chi connectivity index (χ4v) is 1.91. The van der Waals surface area contributed by atoms with Crippen LogP contribution in [0.2, 0.25) is 0 Å². The molecule has 0 saturated heterocycles. The Labute approximate surface area is 131 Å². The number of primary amides is 1. The summed E-state index contributed by atoms with van der Waals surface area (Å²) in [7, 11) is 0. The molecule has 0 aromatic carbocycles. The third-order valence-corrected chi connectivity index (χ3v) is 2.89. The summed E-state index contributed by atoms with van der Waals surface area (Å²) >= 11 is 0. The SMILES string of the molecule is Cc1ccnc(-c2cc(CCCC(N)=O)ccn2)c1.[Ru]. The zero-order chi connectivity index (χ0) is 13.7. The van der Waals surface area contributed by atoms with Gasteiger partial charge in [-0.1, -0.05) is 0 Å². The summed E-state index contributed by atoms with van der Waals surface area (Å²) in [6.07, 6.45) is 5.57. The molecule has 0 aliphatic rings. The quantitative estimate of drug-likeness (QED) is 0.836. The van der Waals surface area contributed by atoms with Gasteiger partial charge in [0.25, 0.3) is 0 Å². The zero-order valence-electron chi connectivity index (χ0n) is 11.3. The van der Waals surface area contributed by atoms with Crippen LogP contribution >= 0.6 is 0 Å². The number of amides is 1. The minimum atomic E-state index is -0.255. The van der Waals surface area contributed by atoms with E-state index < -0.39 is 0 Å². The molecule has 0 aliphatic carbocycles. The van der Waals surface area contributed by atoms with E-state index in [0.29, 0.717) is 6.42 Å². The summed E-state index contributed by atoms with van der Waals surface area (Å²) in [6.45, 7) is 2.03. The van der Waals surface area contributed by atoms with Gasteiger partial charge in [0, 0.05) is 38.3 Å². The van der Waals surface area contributed by atoms with Gasteiger partial charge in [0.1, 0.15) is 0 Å². The maximum Gasteiger partial charge on any atom is 0.217 e. The van der Waals surface area contributed by atoms with Crippen LogP contribution in [0.1, 0.15) is 24.0 Å². The number of aromatic nitrogens is 2. The van der Waals surface area contributed by atoms with E-state index in [0.717, 1.165) is 35.4 Å². The van der Waals surface area contributed by atoms with Gasteiger partial charge in [-0.2, -0.15) is 0 Å². The third kappa shape index (κ3) is 4.82. The second kappa shape index (κ2) is 7.86. The molecule has 4 nitrogen and oxygen atoms in total. The Kier molecular flexibility index (Phi) is 6.46. The topological polar surface area (TPSA) is 68.9 Å². The summed E-state index contributed by atoms with van der Waals surface area (Å²) in [6, 6.07) is 7.94. The molecular formula is C15H17N3ORu. The molecule has 106 valence electrons. The fraction of sp³-hybridized carbons (Fsp3) is 0.267. The van der Waals surface area contributed by atoms with E-state index in [1.165, 1.54) is 0 Å². The average Bonchev–Trinajstić information content (AvgIpc) is 2.39. The number of nitrogens with zero attached hydrogens (tertiary/aromatic N) is 2. The van der Waals surface area contributed by atoms with Crippen LogP contribution in [0.4, 0.5) is 0 Å². The van der Waals surface area contributed by atoms with E-state index in [1.54, 1.807) is 12.4 Å². The molecule has 0 saturated carbocycles. The normalized spacial score (nSPS) is 9.85. The van der Waals surface area contributed by atoms with Gasteiger partial charge in [-0.15, -0.1) is 0 Å². The summed E-state index contributed by atoms with van der Waals surface area (Å²) in [5, 5.41) is 0. The van der Waals surface area contributed by atoms with Crippen LogP contribution in [0.5, 0.6) is 0 Å². The largest absolute Gasteiger partial charge is 0.370 e. The van der Waals surface area contributed by atoms with Gasteiger partial charge < -0.3 is 5.73 Å². The Morgan fingerprint density at radius 2 is 1.80 bits per heavy atom. The predicted molar refractivity (Wildman–Crippen MR) is 74.3 cm³/mol. The van der Waals surface area contributed by atoms with Crippen molar-refractivity contribution in [2.75, 3.05) is 0 Å². The summed E-state index contributed by atoms with van der Waals surface area (Å²) in [5.74, 6) is -0.255. The molecule has 0 bridgehead atoms. The number of carbonyl (C=O) groups is 1. The first-order valence-corrected chi connectivity index (χ1v) is 6.31. The standard InChI is InChI=1S/C15H17N3O.Ru/c1-11-5-7-17-13(9-11)14-10-12(6-8-18-14)3-2-4-15(16)19;/h5-10H,2-4H2,1H3,(H2,16,19);. The number of nitrogens with two attached hydrogens (primary N) is 1. The van der Waals surface area contributed by atoms with E-state index in [2.05, 4.69) is 9.97 Å². The number of carbonyl (C=O) groups excluding carboxylic acids is 1. The van der Waals surface area contributed by atoms with Crippen LogP contribution in [-0.2, 0) is 30.7 Å². The molecule has 2 aromatic heterocycles. The first-order chi connectivity index (χ1) is 9.15. The zero-order valence-corrected chi connectivity index (χ0v) is 13.1. The molecule has 20 heavy (non-hydrogen) atoms. The number of aryl methyl sites for hydroxylation is 2. The van der Waals surface area contributed by atoms with Gasteiger partial charge in [0.15, 0.2) is 0 Å². The van der Waals surface area contributed by atoms with E-state index >= 15 is 0 Å². The molecule has 0 fully saturated rings. The van der Waals surface area contributed by atoms with Crippen LogP contribution in [-0.4, -0.2) is 15.9 Å². The molecular weight excluding hydrogens is 339 g/mol. The molecule has 2 rings (SSSR count). The summed E-state index contributed by atoms with van der Waals surface area (Å²) < 4.78 is 0. The molecule has 1 amide bonds. The van der Waals surface area contributed by atoms with Crippen LogP contribution < -0.4 is 5.73 Å². The smallest absolute Gasteiger partial charge is 0.217 e. The second-order valence-electron chi connectivity index (χ2n) is 4.59. The molecule has 0 unspecified atom stereocenters. The number of hydrogen-bond acceptors (Lipinski definition) is 3. The van der Waals surface area contributed by atoms with Crippen molar-refractivity contribution in [3.05, 3.63) is 47.8 Å². The van der Waals surface area contributed by atoms with E-state index in [9.17, 15) is 4.79 Å². The monoisotopic (exact) mass is 357 g/mol. The Balaban J connectivity index is 0.00000200. The van der Waals surface area contributed by atoms with Gasteiger partial charge in [-0.05, 0) is 55.2 Å². The van der Waals surface area contributed by atoms with Gasteiger partial charge in [-0.3, -0.25) is 14.8 Å². The van der Waals surface area contributed by atoms with E-state index in [-0.39, 0.29) is 25.4 Å². The van der Waals surface area contributed by atoms with Crippen molar-refractivity contribution in [2.24, 2.45) is 5.73 Å². The maximum atomic E-state index is 10.7. The number of rotatable bonds is 5. The van der Waals surface area contributed by atoms with Crippen LogP contribution in [0, 0.1) is 6.92 Å². The first kappa shape index (κ1) is 16.4. The second-order valence-corrected chi connectivity index (χ2v) is 4.59. The Bertz CT molecular complexity index is 587. The van der Waals surface area contributed by atoms with Gasteiger partial charge in [0.05, 0.1) is 11.4 Å². The molecule has 0 atom stereocenters. The van der Waals surface area contributed by atoms with Crippen molar-refractivity contribution >= 4 is 5.91 Å². The molecule has 0 spiro atoms. The molecule has 2 heterocycles. The van der Waals surface area contributed by atoms with E-state index in [4.69, 9.17) is 5.73 Å². The number of pyridine rings is 2. The van der Waals surface area contributed by atoms with Crippen LogP contribution in [0.3, 0.4) is 0 Å². The fourth-order valence-electron chi connectivity index (χ4n) is 1.91. The van der Waals surface area contributed by atoms with Crippen molar-refractivity contribution in [3.8, 4) is 11.4 Å². The Hall–Kier alpha value is -1.61. The molecule has 0 aliphatic heterocycles. The van der Waals surface area contributed by atoms with Gasteiger partial charge in [0.2, 0.25) is 5.91 Å². The third-order valence-electron chi connectivity index (χ3n) is 2.89. The molecule has 5 heteroatoms. The van der Waals surface area contributed by atoms with Crippen LogP contribution in [0.15, 0.2) is 36.7 Å². The van der Waals surface area contributed by atoms with Crippen molar-refractivity contribution in [2.45, 2.75) is 26.2 Å². The molecule has 0 radical (unpaired) electrons. The minimum absolute atomic E-state index is 0. The maximum absolute atomic E-state index is 10.7. The van der Waals surface area contributed by atoms with Crippen molar-refractivity contribution in [1.29, 1.82) is 0 Å². The Morgan fingerprint density at radius 1 is 1.15 bits per heavy atom. The summed E-state index contributed by atoms with van der Waals surface area (Å²) in [5.41, 5.74) is 9.17. The first-order valence-electron chi connectivity index (χ1n) is 6.31. The van der Waals surface area contributed by atoms with Crippen molar-refractivity contribution < 1.29 is 24.3 Å². The molecule has 2 aromatic rings. The Morgan fingerprint density at radius 3 is 2.45 bits per heavy atom. The van der Waals surface area contributed by atoms with Gasteiger partial charge >= 0.3 is 0 Å². The van der Waals surface area contributed by atoms with Gasteiger partial charge in [-0.25, -0.2) is 0 Å². The minimum Gasteiger partial charge on any atom is -0.370 e.